The molecule has 0 amide bonds. The summed E-state index contributed by atoms with van der Waals surface area (Å²) in [5.41, 5.74) is 0.390. The molecule has 0 bridgehead atoms. The molecule has 106 valence electrons. The summed E-state index contributed by atoms with van der Waals surface area (Å²) in [5.74, 6) is 0.288. The lowest BCUT2D eigenvalue weighted by molar-refractivity contribution is 0.0644. The molecule has 1 unspecified atom stereocenters. The van der Waals surface area contributed by atoms with Crippen molar-refractivity contribution in [3.8, 4) is 0 Å². The van der Waals surface area contributed by atoms with Crippen molar-refractivity contribution in [2.75, 3.05) is 33.4 Å². The van der Waals surface area contributed by atoms with Gasteiger partial charge in [0.1, 0.15) is 5.82 Å². The monoisotopic (exact) mass is 267 g/mol. The van der Waals surface area contributed by atoms with Crippen LogP contribution in [0.1, 0.15) is 24.5 Å². The normalized spacial score (nSPS) is 19.5. The van der Waals surface area contributed by atoms with Crippen LogP contribution in [0.3, 0.4) is 0 Å². The summed E-state index contributed by atoms with van der Waals surface area (Å²) < 4.78 is 18.7. The summed E-state index contributed by atoms with van der Waals surface area (Å²) in [4.78, 5) is 2.20. The van der Waals surface area contributed by atoms with Crippen LogP contribution < -0.4 is 0 Å². The minimum absolute atomic E-state index is 0.329. The molecular formula is C15H22FNO2. The maximum atomic E-state index is 13.6. The van der Waals surface area contributed by atoms with Gasteiger partial charge in [-0.05, 0) is 37.9 Å². The molecule has 1 aliphatic heterocycles. The van der Waals surface area contributed by atoms with Gasteiger partial charge in [-0.15, -0.1) is 0 Å². The molecule has 0 aliphatic carbocycles. The molecule has 0 spiro atoms. The second kappa shape index (κ2) is 6.98. The highest BCUT2D eigenvalue weighted by Gasteiger charge is 2.22. The van der Waals surface area contributed by atoms with E-state index in [4.69, 9.17) is 4.74 Å². The van der Waals surface area contributed by atoms with Gasteiger partial charge >= 0.3 is 0 Å². The molecule has 1 aromatic rings. The Labute approximate surface area is 114 Å². The Hall–Kier alpha value is -0.970. The van der Waals surface area contributed by atoms with Gasteiger partial charge in [-0.3, -0.25) is 0 Å². The molecule has 0 radical (unpaired) electrons. The van der Waals surface area contributed by atoms with E-state index in [1.165, 1.54) is 6.07 Å². The molecule has 1 saturated heterocycles. The summed E-state index contributed by atoms with van der Waals surface area (Å²) in [6.07, 6.45) is 1.41. The van der Waals surface area contributed by atoms with Gasteiger partial charge in [-0.1, -0.05) is 18.2 Å². The molecule has 3 nitrogen and oxygen atoms in total. The molecule has 1 aromatic carbocycles. The summed E-state index contributed by atoms with van der Waals surface area (Å²) >= 11 is 0. The van der Waals surface area contributed by atoms with Gasteiger partial charge in [0, 0.05) is 25.8 Å². The van der Waals surface area contributed by atoms with Gasteiger partial charge in [-0.2, -0.15) is 0 Å². The lowest BCUT2D eigenvalue weighted by Gasteiger charge is -2.32. The minimum atomic E-state index is -0.750. The largest absolute Gasteiger partial charge is 0.387 e. The van der Waals surface area contributed by atoms with Gasteiger partial charge in [0.25, 0.3) is 0 Å². The highest BCUT2D eigenvalue weighted by Crippen LogP contribution is 2.22. The molecule has 0 aromatic heterocycles. The van der Waals surface area contributed by atoms with Crippen molar-refractivity contribution in [3.63, 3.8) is 0 Å². The number of piperidine rings is 1. The summed E-state index contributed by atoms with van der Waals surface area (Å²) in [7, 11) is 1.73. The van der Waals surface area contributed by atoms with E-state index in [1.54, 1.807) is 25.3 Å². The molecule has 19 heavy (non-hydrogen) atoms. The maximum absolute atomic E-state index is 13.6. The Morgan fingerprint density at radius 3 is 2.68 bits per heavy atom. The van der Waals surface area contributed by atoms with Crippen molar-refractivity contribution < 1.29 is 14.2 Å². The van der Waals surface area contributed by atoms with Crippen LogP contribution in [0.4, 0.5) is 4.39 Å². The van der Waals surface area contributed by atoms with Crippen molar-refractivity contribution in [2.24, 2.45) is 5.92 Å². The molecule has 0 saturated carbocycles. The van der Waals surface area contributed by atoms with Gasteiger partial charge in [0.2, 0.25) is 0 Å². The summed E-state index contributed by atoms with van der Waals surface area (Å²) in [5, 5.41) is 10.1. The van der Waals surface area contributed by atoms with Gasteiger partial charge in [0.15, 0.2) is 0 Å². The summed E-state index contributed by atoms with van der Waals surface area (Å²) in [6, 6.07) is 6.44. The summed E-state index contributed by atoms with van der Waals surface area (Å²) in [6.45, 7) is 3.20. The number of rotatable bonds is 5. The van der Waals surface area contributed by atoms with E-state index in [0.717, 1.165) is 32.5 Å². The van der Waals surface area contributed by atoms with Crippen LogP contribution >= 0.6 is 0 Å². The number of nitrogens with zero attached hydrogens (tertiary/aromatic N) is 1. The topological polar surface area (TPSA) is 32.7 Å². The number of β-amino-alcohol motifs (C(OH)–C–C–N with tert-alkyl or cyclic N) is 1. The van der Waals surface area contributed by atoms with E-state index >= 15 is 0 Å². The smallest absolute Gasteiger partial charge is 0.129 e. The fourth-order valence-corrected chi connectivity index (χ4v) is 2.66. The quantitative estimate of drug-likeness (QED) is 0.888. The number of aliphatic hydroxyl groups is 1. The number of hydrogen-bond donors (Lipinski definition) is 1. The molecular weight excluding hydrogens is 245 g/mol. The Kier molecular flexibility index (Phi) is 5.31. The zero-order chi connectivity index (χ0) is 13.7. The van der Waals surface area contributed by atoms with Crippen LogP contribution in [0.5, 0.6) is 0 Å². The number of benzene rings is 1. The van der Waals surface area contributed by atoms with Crippen LogP contribution in [0.15, 0.2) is 24.3 Å². The van der Waals surface area contributed by atoms with Gasteiger partial charge in [-0.25, -0.2) is 4.39 Å². The third-order valence-electron chi connectivity index (χ3n) is 3.80. The third-order valence-corrected chi connectivity index (χ3v) is 3.80. The van der Waals surface area contributed by atoms with E-state index in [2.05, 4.69) is 4.90 Å². The average Bonchev–Trinajstić information content (AvgIpc) is 2.42. The van der Waals surface area contributed by atoms with E-state index < -0.39 is 6.10 Å². The van der Waals surface area contributed by atoms with Crippen LogP contribution in [0, 0.1) is 11.7 Å². The zero-order valence-electron chi connectivity index (χ0n) is 11.4. The number of aliphatic hydroxyl groups excluding tert-OH is 1. The molecule has 4 heteroatoms. The second-order valence-electron chi connectivity index (χ2n) is 5.24. The Morgan fingerprint density at radius 2 is 2.05 bits per heavy atom. The fourth-order valence-electron chi connectivity index (χ4n) is 2.66. The third kappa shape index (κ3) is 4.00. The molecule has 1 atom stereocenters. The first-order chi connectivity index (χ1) is 9.20. The number of halogens is 1. The average molecular weight is 267 g/mol. The number of hydrogen-bond acceptors (Lipinski definition) is 3. The number of methoxy groups -OCH3 is 1. The number of likely N-dealkylation sites (tertiary alicyclic amines) is 1. The van der Waals surface area contributed by atoms with Crippen molar-refractivity contribution in [1.29, 1.82) is 0 Å². The highest BCUT2D eigenvalue weighted by atomic mass is 19.1. The Bertz CT molecular complexity index is 391. The zero-order valence-corrected chi connectivity index (χ0v) is 11.4. The lowest BCUT2D eigenvalue weighted by atomic mass is 9.97. The number of ether oxygens (including phenoxy) is 1. The fraction of sp³-hybridized carbons (Fsp3) is 0.600. The molecule has 1 heterocycles. The van der Waals surface area contributed by atoms with Crippen LogP contribution in [-0.4, -0.2) is 43.4 Å². The van der Waals surface area contributed by atoms with Gasteiger partial charge in [0.05, 0.1) is 6.10 Å². The predicted octanol–water partition coefficient (Wildman–Crippen LogP) is 2.22. The Morgan fingerprint density at radius 1 is 1.37 bits per heavy atom. The molecule has 1 N–H and O–H groups in total. The Balaban J connectivity index is 1.84. The molecule has 1 fully saturated rings. The van der Waals surface area contributed by atoms with E-state index in [1.807, 2.05) is 0 Å². The first-order valence-corrected chi connectivity index (χ1v) is 6.84. The standard InChI is InChI=1S/C15H22FNO2/c1-19-11-12-6-8-17(9-7-12)10-15(18)13-4-2-3-5-14(13)16/h2-5,12,15,18H,6-11H2,1H3. The van der Waals surface area contributed by atoms with Crippen molar-refractivity contribution >= 4 is 0 Å². The second-order valence-corrected chi connectivity index (χ2v) is 5.24. The SMILES string of the molecule is COCC1CCN(CC(O)c2ccccc2F)CC1. The molecule has 2 rings (SSSR count). The first kappa shape index (κ1) is 14.4. The first-order valence-electron chi connectivity index (χ1n) is 6.84. The van der Waals surface area contributed by atoms with E-state index in [9.17, 15) is 9.50 Å². The van der Waals surface area contributed by atoms with E-state index in [0.29, 0.717) is 18.0 Å². The lowest BCUT2D eigenvalue weighted by Crippen LogP contribution is -2.37. The van der Waals surface area contributed by atoms with Crippen LogP contribution in [-0.2, 0) is 4.74 Å². The van der Waals surface area contributed by atoms with Crippen molar-refractivity contribution in [1.82, 2.24) is 4.90 Å². The van der Waals surface area contributed by atoms with Crippen molar-refractivity contribution in [2.45, 2.75) is 18.9 Å². The maximum Gasteiger partial charge on any atom is 0.129 e. The highest BCUT2D eigenvalue weighted by molar-refractivity contribution is 5.20. The molecule has 1 aliphatic rings. The van der Waals surface area contributed by atoms with Crippen LogP contribution in [0.25, 0.3) is 0 Å². The predicted molar refractivity (Wildman–Crippen MR) is 72.4 cm³/mol. The van der Waals surface area contributed by atoms with Crippen LogP contribution in [0.2, 0.25) is 0 Å². The van der Waals surface area contributed by atoms with Gasteiger partial charge < -0.3 is 14.7 Å². The van der Waals surface area contributed by atoms with E-state index in [-0.39, 0.29) is 5.82 Å². The minimum Gasteiger partial charge on any atom is -0.387 e. The van der Waals surface area contributed by atoms with Crippen molar-refractivity contribution in [3.05, 3.63) is 35.6 Å².